The van der Waals surface area contributed by atoms with Crippen LogP contribution < -0.4 is 5.32 Å². The number of halogens is 2. The van der Waals surface area contributed by atoms with Crippen molar-refractivity contribution < 1.29 is 32.6 Å². The number of rotatable bonds is 6. The van der Waals surface area contributed by atoms with Crippen LogP contribution in [0.2, 0.25) is 0 Å². The summed E-state index contributed by atoms with van der Waals surface area (Å²) in [5.41, 5.74) is -0.163. The van der Waals surface area contributed by atoms with E-state index in [-0.39, 0.29) is 12.0 Å². The number of hydrogen-bond acceptors (Lipinski definition) is 5. The summed E-state index contributed by atoms with van der Waals surface area (Å²) in [6.07, 6.45) is -0.0608. The molecule has 0 aromatic heterocycles. The number of hydrogen-bond donors (Lipinski definition) is 1. The van der Waals surface area contributed by atoms with Gasteiger partial charge >= 0.3 is 11.9 Å². The normalized spacial score (nSPS) is 12.9. The lowest BCUT2D eigenvalue weighted by atomic mass is 10.0. The van der Waals surface area contributed by atoms with E-state index in [9.17, 15) is 23.2 Å². The molecule has 0 unspecified atom stereocenters. The molecular formula is C15H17F2NO5. The van der Waals surface area contributed by atoms with Crippen molar-refractivity contribution in [3.05, 3.63) is 35.4 Å². The predicted octanol–water partition coefficient (Wildman–Crippen LogP) is 1.44. The zero-order valence-electron chi connectivity index (χ0n) is 12.9. The molecule has 0 heterocycles. The number of amides is 1. The van der Waals surface area contributed by atoms with Gasteiger partial charge in [0.05, 0.1) is 20.1 Å². The van der Waals surface area contributed by atoms with E-state index in [0.29, 0.717) is 6.07 Å². The van der Waals surface area contributed by atoms with E-state index in [1.807, 2.05) is 0 Å². The van der Waals surface area contributed by atoms with E-state index in [4.69, 9.17) is 0 Å². The van der Waals surface area contributed by atoms with Gasteiger partial charge in [0.1, 0.15) is 6.04 Å². The van der Waals surface area contributed by atoms with Gasteiger partial charge < -0.3 is 14.8 Å². The van der Waals surface area contributed by atoms with Crippen molar-refractivity contribution in [1.82, 2.24) is 5.32 Å². The van der Waals surface area contributed by atoms with Gasteiger partial charge in [-0.2, -0.15) is 0 Å². The fraction of sp³-hybridized carbons (Fsp3) is 0.400. The molecule has 1 aromatic carbocycles. The van der Waals surface area contributed by atoms with Gasteiger partial charge in [0.25, 0.3) is 5.91 Å². The number of nitrogens with one attached hydrogen (secondary N) is 1. The maximum absolute atomic E-state index is 13.2. The summed E-state index contributed by atoms with van der Waals surface area (Å²) in [6, 6.07) is 1.46. The highest BCUT2D eigenvalue weighted by Crippen LogP contribution is 2.12. The Hall–Kier alpha value is -2.51. The highest BCUT2D eigenvalue weighted by Gasteiger charge is 2.27. The van der Waals surface area contributed by atoms with Crippen molar-refractivity contribution in [3.8, 4) is 0 Å². The number of benzene rings is 1. The average Bonchev–Trinajstić information content (AvgIpc) is 2.54. The Morgan fingerprint density at radius 1 is 1.09 bits per heavy atom. The van der Waals surface area contributed by atoms with Crippen LogP contribution in [0.4, 0.5) is 8.78 Å². The smallest absolute Gasteiger partial charge is 0.328 e. The molecule has 1 amide bonds. The summed E-state index contributed by atoms with van der Waals surface area (Å²) in [7, 11) is 2.33. The monoisotopic (exact) mass is 329 g/mol. The largest absolute Gasteiger partial charge is 0.469 e. The Kier molecular flexibility index (Phi) is 6.62. The highest BCUT2D eigenvalue weighted by molar-refractivity contribution is 5.96. The Balaban J connectivity index is 2.87. The molecule has 126 valence electrons. The molecule has 0 radical (unpaired) electrons. The third-order valence-corrected chi connectivity index (χ3v) is 3.17. The first-order chi connectivity index (χ1) is 10.8. The zero-order chi connectivity index (χ0) is 17.6. The average molecular weight is 329 g/mol. The standard InChI is InChI=1S/C15H17F2NO5/c1-8(14(20)22-2)6-12(15(21)23-3)18-13(19)9-4-5-10(16)11(17)7-9/h4-5,7-8,12H,6H2,1-3H3,(H,18,19)/t8-,12-/m0/s1. The van der Waals surface area contributed by atoms with Gasteiger partial charge in [-0.3, -0.25) is 9.59 Å². The van der Waals surface area contributed by atoms with Crippen molar-refractivity contribution in [3.63, 3.8) is 0 Å². The lowest BCUT2D eigenvalue weighted by Crippen LogP contribution is -2.43. The van der Waals surface area contributed by atoms with Gasteiger partial charge in [0, 0.05) is 5.56 Å². The van der Waals surface area contributed by atoms with Crippen LogP contribution in [0.25, 0.3) is 0 Å². The van der Waals surface area contributed by atoms with E-state index in [2.05, 4.69) is 14.8 Å². The molecule has 6 nitrogen and oxygen atoms in total. The van der Waals surface area contributed by atoms with Crippen molar-refractivity contribution in [2.24, 2.45) is 5.92 Å². The molecule has 0 saturated carbocycles. The van der Waals surface area contributed by atoms with Gasteiger partial charge in [0.15, 0.2) is 11.6 Å². The lowest BCUT2D eigenvalue weighted by molar-refractivity contribution is -0.147. The van der Waals surface area contributed by atoms with Gasteiger partial charge in [-0.25, -0.2) is 13.6 Å². The van der Waals surface area contributed by atoms with Crippen LogP contribution in [0, 0.1) is 17.6 Å². The van der Waals surface area contributed by atoms with E-state index >= 15 is 0 Å². The van der Waals surface area contributed by atoms with Gasteiger partial charge in [-0.15, -0.1) is 0 Å². The molecule has 23 heavy (non-hydrogen) atoms. The van der Waals surface area contributed by atoms with Crippen LogP contribution >= 0.6 is 0 Å². The van der Waals surface area contributed by atoms with Gasteiger partial charge in [-0.1, -0.05) is 6.92 Å². The fourth-order valence-corrected chi connectivity index (χ4v) is 1.89. The maximum atomic E-state index is 13.2. The predicted molar refractivity (Wildman–Crippen MR) is 75.4 cm³/mol. The minimum Gasteiger partial charge on any atom is -0.469 e. The minimum atomic E-state index is -1.19. The quantitative estimate of drug-likeness (QED) is 0.799. The second kappa shape index (κ2) is 8.21. The number of carbonyl (C=O) groups excluding carboxylic acids is 3. The van der Waals surface area contributed by atoms with Crippen molar-refractivity contribution in [1.29, 1.82) is 0 Å². The maximum Gasteiger partial charge on any atom is 0.328 e. The number of methoxy groups -OCH3 is 2. The fourth-order valence-electron chi connectivity index (χ4n) is 1.89. The second-order valence-corrected chi connectivity index (χ2v) is 4.84. The highest BCUT2D eigenvalue weighted by atomic mass is 19.2. The van der Waals surface area contributed by atoms with Crippen LogP contribution in [-0.2, 0) is 19.1 Å². The first kappa shape index (κ1) is 18.5. The lowest BCUT2D eigenvalue weighted by Gasteiger charge is -2.19. The zero-order valence-corrected chi connectivity index (χ0v) is 12.9. The number of carbonyl (C=O) groups is 3. The van der Waals surface area contributed by atoms with E-state index in [0.717, 1.165) is 19.2 Å². The molecule has 2 atom stereocenters. The Labute approximate surface area is 131 Å². The van der Waals surface area contributed by atoms with Crippen LogP contribution in [-0.4, -0.2) is 38.1 Å². The second-order valence-electron chi connectivity index (χ2n) is 4.84. The molecular weight excluding hydrogens is 312 g/mol. The minimum absolute atomic E-state index is 0.0608. The summed E-state index contributed by atoms with van der Waals surface area (Å²) in [5, 5.41) is 2.33. The summed E-state index contributed by atoms with van der Waals surface area (Å²) in [6.45, 7) is 1.52. The van der Waals surface area contributed by atoms with Crippen LogP contribution in [0.5, 0.6) is 0 Å². The molecule has 0 aliphatic heterocycles. The van der Waals surface area contributed by atoms with E-state index < -0.39 is 41.4 Å². The molecule has 0 bridgehead atoms. The topological polar surface area (TPSA) is 81.7 Å². The Morgan fingerprint density at radius 2 is 1.70 bits per heavy atom. The molecule has 1 N–H and O–H groups in total. The number of esters is 2. The molecule has 1 aromatic rings. The summed E-state index contributed by atoms with van der Waals surface area (Å²) >= 11 is 0. The van der Waals surface area contributed by atoms with E-state index in [1.54, 1.807) is 0 Å². The Bertz CT molecular complexity index is 606. The van der Waals surface area contributed by atoms with Crippen LogP contribution in [0.15, 0.2) is 18.2 Å². The van der Waals surface area contributed by atoms with Crippen LogP contribution in [0.3, 0.4) is 0 Å². The van der Waals surface area contributed by atoms with Crippen molar-refractivity contribution in [2.75, 3.05) is 14.2 Å². The van der Waals surface area contributed by atoms with E-state index in [1.165, 1.54) is 14.0 Å². The Morgan fingerprint density at radius 3 is 2.22 bits per heavy atom. The molecule has 0 aliphatic carbocycles. The first-order valence-corrected chi connectivity index (χ1v) is 6.71. The summed E-state index contributed by atoms with van der Waals surface area (Å²) in [5.74, 6) is -5.07. The molecule has 0 fully saturated rings. The van der Waals surface area contributed by atoms with Crippen molar-refractivity contribution >= 4 is 17.8 Å². The molecule has 0 aliphatic rings. The summed E-state index contributed by atoms with van der Waals surface area (Å²) in [4.78, 5) is 35.2. The van der Waals surface area contributed by atoms with Crippen molar-refractivity contribution in [2.45, 2.75) is 19.4 Å². The SMILES string of the molecule is COC(=O)[C@H](C[C@H](C)C(=O)OC)NC(=O)c1ccc(F)c(F)c1. The van der Waals surface area contributed by atoms with Gasteiger partial charge in [0.2, 0.25) is 0 Å². The molecule has 1 rings (SSSR count). The van der Waals surface area contributed by atoms with Crippen LogP contribution in [0.1, 0.15) is 23.7 Å². The first-order valence-electron chi connectivity index (χ1n) is 6.71. The number of ether oxygens (including phenoxy) is 2. The summed E-state index contributed by atoms with van der Waals surface area (Å²) < 4.78 is 35.1. The third kappa shape index (κ3) is 5.01. The third-order valence-electron chi connectivity index (χ3n) is 3.17. The molecule has 0 spiro atoms. The van der Waals surface area contributed by atoms with Gasteiger partial charge in [-0.05, 0) is 24.6 Å². The molecule has 8 heteroatoms. The molecule has 0 saturated heterocycles.